The smallest absolute Gasteiger partial charge is 0.0654 e. The molecule has 0 bridgehead atoms. The van der Waals surface area contributed by atoms with E-state index in [4.69, 9.17) is 0 Å². The molecule has 0 aromatic carbocycles. The second kappa shape index (κ2) is 37.3. The lowest BCUT2D eigenvalue weighted by atomic mass is 10.0. The quantitative estimate of drug-likeness (QED) is 0.0458. The van der Waals surface area contributed by atoms with Crippen molar-refractivity contribution in [3.05, 3.63) is 0 Å². The van der Waals surface area contributed by atoms with E-state index in [1.165, 1.54) is 205 Å². The maximum atomic E-state index is 2.45. The highest BCUT2D eigenvalue weighted by Crippen LogP contribution is 2.67. The molecule has 0 aliphatic carbocycles. The first-order valence-corrected chi connectivity index (χ1v) is 24.5. The molecular formula is C44H92P+. The Kier molecular flexibility index (Phi) is 37.6. The van der Waals surface area contributed by atoms with Crippen molar-refractivity contribution < 1.29 is 0 Å². The summed E-state index contributed by atoms with van der Waals surface area (Å²) in [4.78, 5) is 0. The molecule has 0 radical (unpaired) electrons. The Hall–Kier alpha value is 0.430. The van der Waals surface area contributed by atoms with Crippen LogP contribution >= 0.6 is 7.26 Å². The molecule has 45 heavy (non-hydrogen) atoms. The third kappa shape index (κ3) is 29.1. The van der Waals surface area contributed by atoms with Gasteiger partial charge in [-0.05, 0) is 51.4 Å². The third-order valence-corrected chi connectivity index (χ3v) is 16.9. The largest absolute Gasteiger partial charge is 0.0697 e. The van der Waals surface area contributed by atoms with Crippen molar-refractivity contribution in [1.29, 1.82) is 0 Å². The number of rotatable bonds is 39. The van der Waals surface area contributed by atoms with Gasteiger partial charge in [-0.1, -0.05) is 208 Å². The molecule has 0 aliphatic heterocycles. The van der Waals surface area contributed by atoms with Gasteiger partial charge < -0.3 is 0 Å². The minimum Gasteiger partial charge on any atom is -0.0654 e. The maximum Gasteiger partial charge on any atom is 0.0697 e. The van der Waals surface area contributed by atoms with Crippen LogP contribution in [0.2, 0.25) is 0 Å². The fourth-order valence-electron chi connectivity index (χ4n) is 7.98. The van der Waals surface area contributed by atoms with Crippen LogP contribution in [0.5, 0.6) is 0 Å². The first kappa shape index (κ1) is 45.4. The minimum absolute atomic E-state index is 0.838. The lowest BCUT2D eigenvalue weighted by Gasteiger charge is -2.36. The van der Waals surface area contributed by atoms with Crippen LogP contribution in [0.4, 0.5) is 0 Å². The topological polar surface area (TPSA) is 0 Å². The van der Waals surface area contributed by atoms with Crippen molar-refractivity contribution in [3.63, 3.8) is 0 Å². The van der Waals surface area contributed by atoms with E-state index in [1.807, 2.05) is 0 Å². The summed E-state index contributed by atoms with van der Waals surface area (Å²) in [7, 11) is -0.838. The van der Waals surface area contributed by atoms with Crippen LogP contribution in [0.1, 0.15) is 259 Å². The summed E-state index contributed by atoms with van der Waals surface area (Å²) in [5, 5.41) is 0. The number of hydrogen-bond acceptors (Lipinski definition) is 0. The zero-order valence-electron chi connectivity index (χ0n) is 32.9. The van der Waals surface area contributed by atoms with Crippen LogP contribution in [0.3, 0.4) is 0 Å². The van der Waals surface area contributed by atoms with Crippen molar-refractivity contribution in [2.45, 2.75) is 265 Å². The summed E-state index contributed by atoms with van der Waals surface area (Å²) >= 11 is 0. The first-order chi connectivity index (χ1) is 22.2. The molecule has 0 amide bonds. The summed E-state index contributed by atoms with van der Waals surface area (Å²) < 4.78 is 0. The van der Waals surface area contributed by atoms with Gasteiger partial charge in [0.2, 0.25) is 0 Å². The Bertz CT molecular complexity index is 519. The van der Waals surface area contributed by atoms with Crippen LogP contribution in [-0.4, -0.2) is 24.1 Å². The van der Waals surface area contributed by atoms with Gasteiger partial charge in [0, 0.05) is 7.26 Å². The second-order valence-electron chi connectivity index (χ2n) is 15.5. The fourth-order valence-corrected chi connectivity index (χ4v) is 14.0. The Labute approximate surface area is 290 Å². The Morgan fingerprint density at radius 3 is 0.822 bits per heavy atom. The van der Waals surface area contributed by atoms with E-state index in [2.05, 4.69) is 34.6 Å². The van der Waals surface area contributed by atoms with E-state index in [0.29, 0.717) is 0 Å². The summed E-state index contributed by atoms with van der Waals surface area (Å²) in [6.07, 6.45) is 56.9. The lowest BCUT2D eigenvalue weighted by Crippen LogP contribution is -2.23. The second-order valence-corrected chi connectivity index (χ2v) is 20.0. The van der Waals surface area contributed by atoms with E-state index in [1.54, 1.807) is 37.7 Å². The van der Waals surface area contributed by atoms with Crippen molar-refractivity contribution in [3.8, 4) is 0 Å². The van der Waals surface area contributed by atoms with Crippen molar-refractivity contribution in [2.24, 2.45) is 0 Å². The molecular weight excluding hydrogens is 559 g/mol. The van der Waals surface area contributed by atoms with E-state index >= 15 is 0 Å². The standard InChI is InChI=1S/C44H92P/c1-6-11-16-18-20-22-24-26-28-30-32-34-36-38-43-45(41-14-9-4,42-15-10-5)44(39-13-8-3)40-37-35-33-31-29-27-25-23-21-19-17-12-7-2/h44H,6-43H2,1-5H3/q+1. The first-order valence-electron chi connectivity index (χ1n) is 22.1. The molecule has 0 aromatic heterocycles. The monoisotopic (exact) mass is 652 g/mol. The van der Waals surface area contributed by atoms with Crippen molar-refractivity contribution in [2.75, 3.05) is 18.5 Å². The molecule has 1 atom stereocenters. The van der Waals surface area contributed by atoms with Gasteiger partial charge in [-0.2, -0.15) is 0 Å². The van der Waals surface area contributed by atoms with E-state index in [0.717, 1.165) is 5.66 Å². The molecule has 272 valence electrons. The predicted molar refractivity (Wildman–Crippen MR) is 215 cm³/mol. The molecule has 0 N–H and O–H groups in total. The highest BCUT2D eigenvalue weighted by molar-refractivity contribution is 7.76. The van der Waals surface area contributed by atoms with Crippen molar-refractivity contribution >= 4 is 7.26 Å². The molecule has 0 aromatic rings. The van der Waals surface area contributed by atoms with E-state index in [-0.39, 0.29) is 0 Å². The van der Waals surface area contributed by atoms with E-state index in [9.17, 15) is 0 Å². The fraction of sp³-hybridized carbons (Fsp3) is 1.00. The van der Waals surface area contributed by atoms with Crippen LogP contribution in [0, 0.1) is 0 Å². The minimum atomic E-state index is -0.838. The number of hydrogen-bond donors (Lipinski definition) is 0. The molecule has 0 saturated heterocycles. The average Bonchev–Trinajstić information content (AvgIpc) is 3.05. The van der Waals surface area contributed by atoms with Crippen LogP contribution < -0.4 is 0 Å². The summed E-state index contributed by atoms with van der Waals surface area (Å²) in [6.45, 7) is 12.0. The molecule has 0 spiro atoms. The molecule has 0 aliphatic rings. The molecule has 0 saturated carbocycles. The highest BCUT2D eigenvalue weighted by atomic mass is 31.2. The van der Waals surface area contributed by atoms with E-state index < -0.39 is 7.26 Å². The SMILES string of the molecule is CCCCCCCCCCCCCCCC[P+](CCCC)(CCCC)C(CCCC)CCCCCCCCCCCCCCC. The van der Waals surface area contributed by atoms with Gasteiger partial charge in [0.1, 0.15) is 0 Å². The van der Waals surface area contributed by atoms with Crippen LogP contribution in [0.15, 0.2) is 0 Å². The molecule has 0 fully saturated rings. The van der Waals surface area contributed by atoms with Gasteiger partial charge >= 0.3 is 0 Å². The van der Waals surface area contributed by atoms with Gasteiger partial charge in [0.25, 0.3) is 0 Å². The maximum absolute atomic E-state index is 2.45. The zero-order valence-corrected chi connectivity index (χ0v) is 33.8. The number of unbranched alkanes of at least 4 members (excludes halogenated alkanes) is 28. The highest BCUT2D eigenvalue weighted by Gasteiger charge is 2.42. The van der Waals surface area contributed by atoms with Gasteiger partial charge in [-0.15, -0.1) is 0 Å². The third-order valence-electron chi connectivity index (χ3n) is 11.2. The van der Waals surface area contributed by atoms with Gasteiger partial charge in [-0.25, -0.2) is 0 Å². The molecule has 0 heterocycles. The van der Waals surface area contributed by atoms with Gasteiger partial charge in [-0.3, -0.25) is 0 Å². The predicted octanol–water partition coefficient (Wildman–Crippen LogP) is 17.1. The van der Waals surface area contributed by atoms with Gasteiger partial charge in [0.05, 0.1) is 24.1 Å². The van der Waals surface area contributed by atoms with Crippen molar-refractivity contribution in [1.82, 2.24) is 0 Å². The summed E-state index contributed by atoms with van der Waals surface area (Å²) in [5.74, 6) is 0. The molecule has 0 nitrogen and oxygen atoms in total. The summed E-state index contributed by atoms with van der Waals surface area (Å²) in [6, 6.07) is 0. The average molecular weight is 652 g/mol. The molecule has 0 rings (SSSR count). The Balaban J connectivity index is 4.52. The summed E-state index contributed by atoms with van der Waals surface area (Å²) in [5.41, 5.74) is 1.10. The van der Waals surface area contributed by atoms with Gasteiger partial charge in [0.15, 0.2) is 0 Å². The van der Waals surface area contributed by atoms with Crippen LogP contribution in [-0.2, 0) is 0 Å². The normalized spacial score (nSPS) is 12.7. The Morgan fingerprint density at radius 1 is 0.244 bits per heavy atom. The zero-order chi connectivity index (χ0) is 32.9. The lowest BCUT2D eigenvalue weighted by molar-refractivity contribution is 0.526. The van der Waals surface area contributed by atoms with Crippen LogP contribution in [0.25, 0.3) is 0 Å². The molecule has 1 unspecified atom stereocenters. The Morgan fingerprint density at radius 2 is 0.489 bits per heavy atom. The molecule has 1 heteroatoms.